The van der Waals surface area contributed by atoms with Gasteiger partial charge < -0.3 is 19.7 Å². The molecule has 2 amide bonds. The third-order valence-corrected chi connectivity index (χ3v) is 6.58. The molecule has 2 saturated heterocycles. The molecular formula is C23H27FN2O4S. The Morgan fingerprint density at radius 3 is 2.65 bits per heavy atom. The van der Waals surface area contributed by atoms with Gasteiger partial charge in [0.2, 0.25) is 0 Å². The molecule has 0 aliphatic carbocycles. The summed E-state index contributed by atoms with van der Waals surface area (Å²) >= 11 is 1.64. The summed E-state index contributed by atoms with van der Waals surface area (Å²) in [7, 11) is 0. The molecule has 0 radical (unpaired) electrons. The van der Waals surface area contributed by atoms with Gasteiger partial charge >= 0.3 is 0 Å². The molecule has 3 heterocycles. The quantitative estimate of drug-likeness (QED) is 0.738. The summed E-state index contributed by atoms with van der Waals surface area (Å²) in [5, 5.41) is 4.87. The van der Waals surface area contributed by atoms with Crippen LogP contribution in [0.25, 0.3) is 0 Å². The van der Waals surface area contributed by atoms with Crippen molar-refractivity contribution in [3.05, 3.63) is 58.0 Å². The topological polar surface area (TPSA) is 67.9 Å². The van der Waals surface area contributed by atoms with E-state index in [0.717, 1.165) is 24.8 Å². The minimum absolute atomic E-state index is 0.164. The van der Waals surface area contributed by atoms with Gasteiger partial charge in [-0.2, -0.15) is 0 Å². The van der Waals surface area contributed by atoms with Crippen molar-refractivity contribution < 1.29 is 23.5 Å². The lowest BCUT2D eigenvalue weighted by molar-refractivity contribution is -0.163. The monoisotopic (exact) mass is 446 g/mol. The van der Waals surface area contributed by atoms with Gasteiger partial charge in [0, 0.05) is 18.0 Å². The van der Waals surface area contributed by atoms with Gasteiger partial charge in [-0.05, 0) is 62.3 Å². The highest BCUT2D eigenvalue weighted by molar-refractivity contribution is 7.09. The first-order valence-corrected chi connectivity index (χ1v) is 11.4. The second-order valence-corrected chi connectivity index (χ2v) is 9.37. The molecule has 31 heavy (non-hydrogen) atoms. The number of halogens is 1. The van der Waals surface area contributed by atoms with Gasteiger partial charge in [-0.15, -0.1) is 11.3 Å². The van der Waals surface area contributed by atoms with E-state index in [2.05, 4.69) is 5.32 Å². The molecule has 2 aliphatic rings. The van der Waals surface area contributed by atoms with Crippen molar-refractivity contribution in [3.63, 3.8) is 0 Å². The Balaban J connectivity index is 1.45. The maximum absolute atomic E-state index is 13.4. The summed E-state index contributed by atoms with van der Waals surface area (Å²) in [5.41, 5.74) is 0.877. The van der Waals surface area contributed by atoms with Crippen molar-refractivity contribution in [1.29, 1.82) is 0 Å². The molecule has 1 aromatic heterocycles. The van der Waals surface area contributed by atoms with Gasteiger partial charge in [-0.1, -0.05) is 18.2 Å². The van der Waals surface area contributed by atoms with Crippen molar-refractivity contribution in [1.82, 2.24) is 10.2 Å². The number of carbonyl (C=O) groups is 2. The van der Waals surface area contributed by atoms with E-state index < -0.39 is 18.0 Å². The second-order valence-electron chi connectivity index (χ2n) is 8.34. The fourth-order valence-corrected chi connectivity index (χ4v) is 4.93. The van der Waals surface area contributed by atoms with Crippen LogP contribution in [0.1, 0.15) is 43.2 Å². The molecule has 3 atom stereocenters. The molecule has 2 fully saturated rings. The second kappa shape index (κ2) is 9.06. The number of nitrogens with one attached hydrogen (secondary N) is 1. The van der Waals surface area contributed by atoms with Gasteiger partial charge in [0.05, 0.1) is 6.04 Å². The standard InChI is InChI=1S/C23H27FN2O4S/c1-23(2)29-19(21(27)25-12-11-17-5-4-14-31-17)20(30-23)22(28)26-13-3-6-18(26)15-7-9-16(24)10-8-15/h4-5,7-10,14,18-20H,3,6,11-13H2,1-2H3,(H,25,27)/t18-,19-,20-/m1/s1. The van der Waals surface area contributed by atoms with Gasteiger partial charge in [0.15, 0.2) is 18.0 Å². The smallest absolute Gasteiger partial charge is 0.255 e. The number of benzene rings is 1. The molecule has 1 aromatic carbocycles. The molecular weight excluding hydrogens is 419 g/mol. The minimum Gasteiger partial charge on any atom is -0.353 e. The zero-order valence-electron chi connectivity index (χ0n) is 17.7. The average Bonchev–Trinajstić information content (AvgIpc) is 3.47. The Morgan fingerprint density at radius 1 is 1.19 bits per heavy atom. The molecule has 0 bridgehead atoms. The Hall–Kier alpha value is -2.29. The van der Waals surface area contributed by atoms with Crippen LogP contribution in [0.15, 0.2) is 41.8 Å². The van der Waals surface area contributed by atoms with Gasteiger partial charge in [0.1, 0.15) is 5.82 Å². The number of hydrogen-bond acceptors (Lipinski definition) is 5. The molecule has 2 aromatic rings. The fraction of sp³-hybridized carbons (Fsp3) is 0.478. The van der Waals surface area contributed by atoms with Crippen LogP contribution in [0.5, 0.6) is 0 Å². The van der Waals surface area contributed by atoms with E-state index in [1.54, 1.807) is 42.2 Å². The first kappa shape index (κ1) is 21.9. The van der Waals surface area contributed by atoms with E-state index in [4.69, 9.17) is 9.47 Å². The molecule has 2 aliphatic heterocycles. The highest BCUT2D eigenvalue weighted by atomic mass is 32.1. The van der Waals surface area contributed by atoms with E-state index in [0.29, 0.717) is 13.1 Å². The summed E-state index contributed by atoms with van der Waals surface area (Å²) in [5.74, 6) is -1.97. The molecule has 8 heteroatoms. The van der Waals surface area contributed by atoms with Gasteiger partial charge in [-0.25, -0.2) is 4.39 Å². The lowest BCUT2D eigenvalue weighted by Gasteiger charge is -2.28. The van der Waals surface area contributed by atoms with Crippen molar-refractivity contribution in [2.24, 2.45) is 0 Å². The maximum atomic E-state index is 13.4. The summed E-state index contributed by atoms with van der Waals surface area (Å²) in [6.07, 6.45) is 0.310. The van der Waals surface area contributed by atoms with E-state index in [1.807, 2.05) is 17.5 Å². The van der Waals surface area contributed by atoms with E-state index in [9.17, 15) is 14.0 Å². The molecule has 0 spiro atoms. The minimum atomic E-state index is -1.04. The highest BCUT2D eigenvalue weighted by Gasteiger charge is 2.51. The Bertz CT molecular complexity index is 916. The van der Waals surface area contributed by atoms with Crippen LogP contribution in [-0.2, 0) is 25.5 Å². The fourth-order valence-electron chi connectivity index (χ4n) is 4.22. The number of hydrogen-bond donors (Lipinski definition) is 1. The summed E-state index contributed by atoms with van der Waals surface area (Å²) in [6, 6.07) is 10.0. The number of thiophene rings is 1. The summed E-state index contributed by atoms with van der Waals surface area (Å²) in [6.45, 7) is 4.43. The number of rotatable bonds is 6. The Morgan fingerprint density at radius 2 is 1.94 bits per heavy atom. The predicted molar refractivity (Wildman–Crippen MR) is 115 cm³/mol. The van der Waals surface area contributed by atoms with Crippen LogP contribution in [-0.4, -0.2) is 47.8 Å². The van der Waals surface area contributed by atoms with Crippen LogP contribution in [0, 0.1) is 5.82 Å². The number of carbonyl (C=O) groups excluding carboxylic acids is 2. The third-order valence-electron chi connectivity index (χ3n) is 5.64. The lowest BCUT2D eigenvalue weighted by atomic mass is 10.0. The summed E-state index contributed by atoms with van der Waals surface area (Å²) in [4.78, 5) is 29.2. The highest BCUT2D eigenvalue weighted by Crippen LogP contribution is 2.36. The SMILES string of the molecule is CC1(C)O[C@@H](C(=O)NCCc2cccs2)[C@H](C(=O)N2CCC[C@@H]2c2ccc(F)cc2)O1. The van der Waals surface area contributed by atoms with E-state index >= 15 is 0 Å². The number of nitrogens with zero attached hydrogens (tertiary/aromatic N) is 1. The van der Waals surface area contributed by atoms with Crippen LogP contribution >= 0.6 is 11.3 Å². The van der Waals surface area contributed by atoms with Crippen LogP contribution in [0.2, 0.25) is 0 Å². The first-order chi connectivity index (χ1) is 14.8. The lowest BCUT2D eigenvalue weighted by Crippen LogP contribution is -2.49. The summed E-state index contributed by atoms with van der Waals surface area (Å²) < 4.78 is 25.0. The first-order valence-electron chi connectivity index (χ1n) is 10.6. The van der Waals surface area contributed by atoms with Crippen molar-refractivity contribution >= 4 is 23.2 Å². The predicted octanol–water partition coefficient (Wildman–Crippen LogP) is 3.43. The molecule has 0 unspecified atom stereocenters. The van der Waals surface area contributed by atoms with Gasteiger partial charge in [0.25, 0.3) is 11.8 Å². The molecule has 166 valence electrons. The number of likely N-dealkylation sites (tertiary alicyclic amines) is 1. The Kier molecular flexibility index (Phi) is 6.41. The third kappa shape index (κ3) is 4.97. The zero-order valence-corrected chi connectivity index (χ0v) is 18.5. The maximum Gasteiger partial charge on any atom is 0.255 e. The van der Waals surface area contributed by atoms with Crippen LogP contribution < -0.4 is 5.32 Å². The number of amides is 2. The number of ether oxygens (including phenoxy) is 2. The largest absolute Gasteiger partial charge is 0.353 e. The van der Waals surface area contributed by atoms with Crippen molar-refractivity contribution in [2.75, 3.05) is 13.1 Å². The molecule has 1 N–H and O–H groups in total. The van der Waals surface area contributed by atoms with Crippen LogP contribution in [0.3, 0.4) is 0 Å². The molecule has 6 nitrogen and oxygen atoms in total. The molecule has 4 rings (SSSR count). The van der Waals surface area contributed by atoms with E-state index in [1.165, 1.54) is 17.0 Å². The van der Waals surface area contributed by atoms with Crippen molar-refractivity contribution in [2.45, 2.75) is 57.1 Å². The van der Waals surface area contributed by atoms with Crippen LogP contribution in [0.4, 0.5) is 4.39 Å². The molecule has 0 saturated carbocycles. The normalized spacial score (nSPS) is 25.0. The zero-order chi connectivity index (χ0) is 22.0. The average molecular weight is 447 g/mol. The van der Waals surface area contributed by atoms with Gasteiger partial charge in [-0.3, -0.25) is 9.59 Å². The Labute approximate surface area is 185 Å². The van der Waals surface area contributed by atoms with Crippen molar-refractivity contribution in [3.8, 4) is 0 Å². The van der Waals surface area contributed by atoms with E-state index in [-0.39, 0.29) is 23.7 Å².